The van der Waals surface area contributed by atoms with E-state index in [-0.39, 0.29) is 5.56 Å². The largest absolute Gasteiger partial charge is 0.492 e. The van der Waals surface area contributed by atoms with Gasteiger partial charge in [-0.25, -0.2) is 9.97 Å². The number of H-pyrrole nitrogens is 1. The molecule has 28 heavy (non-hydrogen) atoms. The van der Waals surface area contributed by atoms with Crippen LogP contribution in [0.4, 0.5) is 5.95 Å². The van der Waals surface area contributed by atoms with Crippen LogP contribution in [-0.2, 0) is 6.54 Å². The third-order valence-corrected chi connectivity index (χ3v) is 5.02. The molecule has 2 aromatic heterocycles. The van der Waals surface area contributed by atoms with Crippen LogP contribution in [0.1, 0.15) is 18.9 Å². The van der Waals surface area contributed by atoms with Crippen LogP contribution in [0.3, 0.4) is 0 Å². The Labute approximate surface area is 179 Å². The number of pyridine rings is 1. The Hall–Kier alpha value is -1.97. The average Bonchev–Trinajstić information content (AvgIpc) is 2.67. The van der Waals surface area contributed by atoms with Crippen molar-refractivity contribution in [3.63, 3.8) is 0 Å². The lowest BCUT2D eigenvalue weighted by atomic mass is 10.2. The number of anilines is 1. The Kier molecular flexibility index (Phi) is 7.41. The summed E-state index contributed by atoms with van der Waals surface area (Å²) in [6, 6.07) is 7.57. The monoisotopic (exact) mass is 509 g/mol. The number of nitrogens with zero attached hydrogens (tertiary/aromatic N) is 2. The van der Waals surface area contributed by atoms with Crippen molar-refractivity contribution < 1.29 is 4.74 Å². The summed E-state index contributed by atoms with van der Waals surface area (Å²) in [5.74, 6) is 1.32. The molecule has 3 rings (SSSR count). The van der Waals surface area contributed by atoms with E-state index in [0.717, 1.165) is 33.2 Å². The maximum Gasteiger partial charge on any atom is 0.278 e. The van der Waals surface area contributed by atoms with Crippen molar-refractivity contribution >= 4 is 48.8 Å². The van der Waals surface area contributed by atoms with Gasteiger partial charge in [-0.15, -0.1) is 0 Å². The Balaban J connectivity index is 1.49. The number of ether oxygens (including phenoxy) is 1. The van der Waals surface area contributed by atoms with Gasteiger partial charge >= 0.3 is 0 Å². The highest BCUT2D eigenvalue weighted by molar-refractivity contribution is 9.11. The number of benzene rings is 1. The van der Waals surface area contributed by atoms with Crippen molar-refractivity contribution in [3.8, 4) is 5.75 Å². The van der Waals surface area contributed by atoms with Crippen LogP contribution in [0.15, 0.2) is 44.2 Å². The van der Waals surface area contributed by atoms with E-state index < -0.39 is 0 Å². The van der Waals surface area contributed by atoms with Crippen molar-refractivity contribution in [2.45, 2.75) is 19.9 Å². The Morgan fingerprint density at radius 2 is 2.11 bits per heavy atom. The fourth-order valence-electron chi connectivity index (χ4n) is 2.76. The van der Waals surface area contributed by atoms with Gasteiger partial charge in [0.1, 0.15) is 5.75 Å². The van der Waals surface area contributed by atoms with Gasteiger partial charge in [0.15, 0.2) is 5.52 Å². The van der Waals surface area contributed by atoms with Crippen molar-refractivity contribution in [1.29, 1.82) is 0 Å². The minimum absolute atomic E-state index is 0.241. The molecule has 0 amide bonds. The third kappa shape index (κ3) is 5.30. The van der Waals surface area contributed by atoms with E-state index in [9.17, 15) is 4.79 Å². The van der Waals surface area contributed by atoms with Gasteiger partial charge < -0.3 is 15.4 Å². The van der Waals surface area contributed by atoms with E-state index in [1.54, 1.807) is 18.3 Å². The van der Waals surface area contributed by atoms with Gasteiger partial charge in [0.05, 0.1) is 16.6 Å². The average molecular weight is 511 g/mol. The molecule has 0 spiro atoms. The summed E-state index contributed by atoms with van der Waals surface area (Å²) in [5, 5.41) is 6.57. The number of aromatic nitrogens is 3. The summed E-state index contributed by atoms with van der Waals surface area (Å²) in [4.78, 5) is 23.1. The predicted octanol–water partition coefficient (Wildman–Crippen LogP) is 3.83. The van der Waals surface area contributed by atoms with E-state index >= 15 is 0 Å². The quantitative estimate of drug-likeness (QED) is 0.379. The number of halogens is 2. The first-order valence-electron chi connectivity index (χ1n) is 8.99. The fraction of sp³-hybridized carbons (Fsp3) is 0.316. The molecule has 0 atom stereocenters. The van der Waals surface area contributed by atoms with Crippen LogP contribution in [0.25, 0.3) is 11.0 Å². The lowest BCUT2D eigenvalue weighted by Crippen LogP contribution is -2.20. The van der Waals surface area contributed by atoms with Crippen molar-refractivity contribution in [1.82, 2.24) is 20.3 Å². The molecule has 7 nitrogen and oxygen atoms in total. The topological polar surface area (TPSA) is 91.9 Å². The Morgan fingerprint density at radius 1 is 1.25 bits per heavy atom. The number of hydrogen-bond donors (Lipinski definition) is 3. The molecule has 0 radical (unpaired) electrons. The van der Waals surface area contributed by atoms with Gasteiger partial charge in [0.2, 0.25) is 5.95 Å². The van der Waals surface area contributed by atoms with Gasteiger partial charge in [-0.3, -0.25) is 9.78 Å². The fourth-order valence-corrected chi connectivity index (χ4v) is 4.18. The summed E-state index contributed by atoms with van der Waals surface area (Å²) in [6.45, 7) is 4.77. The number of fused-ring (bicyclic) bond motifs is 1. The molecule has 0 saturated carbocycles. The molecule has 2 heterocycles. The summed E-state index contributed by atoms with van der Waals surface area (Å²) < 4.78 is 7.67. The first kappa shape index (κ1) is 20.8. The van der Waals surface area contributed by atoms with E-state index in [0.29, 0.717) is 36.7 Å². The number of aromatic amines is 1. The highest BCUT2D eigenvalue weighted by atomic mass is 79.9. The molecule has 9 heteroatoms. The second kappa shape index (κ2) is 9.99. The number of nitrogens with one attached hydrogen (secondary N) is 3. The number of rotatable bonds is 9. The van der Waals surface area contributed by atoms with Crippen LogP contribution in [0.2, 0.25) is 0 Å². The maximum absolute atomic E-state index is 12.0. The van der Waals surface area contributed by atoms with E-state index in [2.05, 4.69) is 63.5 Å². The van der Waals surface area contributed by atoms with Crippen molar-refractivity contribution in [2.24, 2.45) is 0 Å². The molecule has 1 aromatic carbocycles. The van der Waals surface area contributed by atoms with Gasteiger partial charge in [0, 0.05) is 29.3 Å². The van der Waals surface area contributed by atoms with Crippen molar-refractivity contribution in [3.05, 3.63) is 55.3 Å². The lowest BCUT2D eigenvalue weighted by Gasteiger charge is -2.14. The van der Waals surface area contributed by atoms with E-state index in [1.165, 1.54) is 0 Å². The second-order valence-corrected chi connectivity index (χ2v) is 7.82. The SMILES string of the molecule is CCOc1c(Br)cc(Br)cc1CNCCCNc1nc2cccnc2c(=O)[nH]1. The molecule has 0 aliphatic carbocycles. The standard InChI is InChI=1S/C19H21Br2N5O2/c1-2-28-17-12(9-13(20)10-14(17)21)11-22-6-4-8-24-19-25-15-5-3-7-23-16(15)18(27)26-19/h3,5,7,9-10,22H,2,4,6,8,11H2,1H3,(H2,24,25,26,27). The molecule has 0 fully saturated rings. The zero-order valence-electron chi connectivity index (χ0n) is 15.4. The van der Waals surface area contributed by atoms with Crippen LogP contribution < -0.4 is 20.9 Å². The molecule has 0 bridgehead atoms. The van der Waals surface area contributed by atoms with Crippen LogP contribution in [0.5, 0.6) is 5.75 Å². The molecule has 0 saturated heterocycles. The summed E-state index contributed by atoms with van der Waals surface area (Å²) in [5.41, 5.74) is 1.77. The molecular weight excluding hydrogens is 490 g/mol. The molecular formula is C19H21Br2N5O2. The summed E-state index contributed by atoms with van der Waals surface area (Å²) in [6.07, 6.45) is 2.45. The molecule has 0 aliphatic heterocycles. The lowest BCUT2D eigenvalue weighted by molar-refractivity contribution is 0.333. The van der Waals surface area contributed by atoms with Crippen molar-refractivity contribution in [2.75, 3.05) is 25.0 Å². The Morgan fingerprint density at radius 3 is 2.93 bits per heavy atom. The van der Waals surface area contributed by atoms with Gasteiger partial charge in [0.25, 0.3) is 5.56 Å². The minimum Gasteiger partial charge on any atom is -0.492 e. The van der Waals surface area contributed by atoms with Crippen LogP contribution in [-0.4, -0.2) is 34.6 Å². The normalized spacial score (nSPS) is 11.0. The van der Waals surface area contributed by atoms with Gasteiger partial charge in [-0.2, -0.15) is 0 Å². The second-order valence-electron chi connectivity index (χ2n) is 6.05. The zero-order chi connectivity index (χ0) is 19.9. The van der Waals surface area contributed by atoms with E-state index in [1.807, 2.05) is 13.0 Å². The predicted molar refractivity (Wildman–Crippen MR) is 118 cm³/mol. The van der Waals surface area contributed by atoms with Gasteiger partial charge in [-0.1, -0.05) is 15.9 Å². The number of hydrogen-bond acceptors (Lipinski definition) is 6. The molecule has 3 aromatic rings. The maximum atomic E-state index is 12.0. The highest BCUT2D eigenvalue weighted by Crippen LogP contribution is 2.32. The Bertz CT molecular complexity index is 1010. The zero-order valence-corrected chi connectivity index (χ0v) is 18.6. The first-order chi connectivity index (χ1) is 13.6. The molecule has 3 N–H and O–H groups in total. The molecule has 0 aliphatic rings. The third-order valence-electron chi connectivity index (χ3n) is 3.98. The van der Waals surface area contributed by atoms with Gasteiger partial charge in [-0.05, 0) is 60.1 Å². The smallest absolute Gasteiger partial charge is 0.278 e. The van der Waals surface area contributed by atoms with Crippen LogP contribution in [0, 0.1) is 0 Å². The summed E-state index contributed by atoms with van der Waals surface area (Å²) >= 11 is 7.07. The molecule has 0 unspecified atom stereocenters. The highest BCUT2D eigenvalue weighted by Gasteiger charge is 2.09. The summed E-state index contributed by atoms with van der Waals surface area (Å²) in [7, 11) is 0. The minimum atomic E-state index is -0.241. The van der Waals surface area contributed by atoms with Crippen LogP contribution >= 0.6 is 31.9 Å². The molecule has 148 valence electrons. The van der Waals surface area contributed by atoms with E-state index in [4.69, 9.17) is 4.74 Å². The first-order valence-corrected chi connectivity index (χ1v) is 10.6.